The summed E-state index contributed by atoms with van der Waals surface area (Å²) in [5.74, 6) is -0.486. The molecule has 1 N–H and O–H groups in total. The summed E-state index contributed by atoms with van der Waals surface area (Å²) in [5, 5.41) is 0. The first-order chi connectivity index (χ1) is 16.1. The third kappa shape index (κ3) is 6.50. The maximum absolute atomic E-state index is 14.3. The predicted molar refractivity (Wildman–Crippen MR) is 131 cm³/mol. The van der Waals surface area contributed by atoms with E-state index in [-0.39, 0.29) is 34.5 Å². The third-order valence-corrected chi connectivity index (χ3v) is 9.00. The zero-order valence-corrected chi connectivity index (χ0v) is 20.8. The number of nitrogens with zero attached hydrogens (tertiary/aromatic N) is 1. The molecular weight excluding hydrogens is 475 g/mol. The van der Waals surface area contributed by atoms with Crippen molar-refractivity contribution in [3.05, 3.63) is 95.8 Å². The van der Waals surface area contributed by atoms with Crippen LogP contribution in [0.3, 0.4) is 0 Å². The van der Waals surface area contributed by atoms with E-state index in [9.17, 15) is 21.2 Å². The van der Waals surface area contributed by atoms with Crippen molar-refractivity contribution in [1.82, 2.24) is 9.03 Å². The van der Waals surface area contributed by atoms with Gasteiger partial charge in [-0.2, -0.15) is 4.31 Å². The van der Waals surface area contributed by atoms with Crippen molar-refractivity contribution in [2.75, 3.05) is 6.54 Å². The van der Waals surface area contributed by atoms with Gasteiger partial charge in [0.25, 0.3) is 0 Å². The van der Waals surface area contributed by atoms with Crippen LogP contribution in [0.2, 0.25) is 0 Å². The number of hydrogen-bond acceptors (Lipinski definition) is 4. The van der Waals surface area contributed by atoms with Crippen LogP contribution in [0, 0.1) is 5.82 Å². The monoisotopic (exact) mass is 504 g/mol. The molecule has 9 heteroatoms. The minimum absolute atomic E-state index is 0.0170. The molecule has 34 heavy (non-hydrogen) atoms. The predicted octanol–water partition coefficient (Wildman–Crippen LogP) is 4.34. The van der Waals surface area contributed by atoms with Gasteiger partial charge >= 0.3 is 0 Å². The Kier molecular flexibility index (Phi) is 8.59. The molecule has 0 aliphatic heterocycles. The van der Waals surface area contributed by atoms with E-state index in [0.29, 0.717) is 12.8 Å². The van der Waals surface area contributed by atoms with Crippen LogP contribution in [0.15, 0.2) is 88.7 Å². The smallest absolute Gasteiger partial charge is 0.208 e. The molecule has 0 spiro atoms. The fourth-order valence-electron chi connectivity index (χ4n) is 3.36. The molecular formula is C25H29FN2O4S2. The molecule has 1 atom stereocenters. The number of hydrogen-bond donors (Lipinski definition) is 1. The molecule has 0 saturated heterocycles. The zero-order valence-electron chi connectivity index (χ0n) is 19.2. The fraction of sp³-hybridized carbons (Fsp3) is 0.280. The summed E-state index contributed by atoms with van der Waals surface area (Å²) in [6.45, 7) is 3.61. The Hall–Kier alpha value is -2.59. The lowest BCUT2D eigenvalue weighted by molar-refractivity contribution is 0.402. The Balaban J connectivity index is 1.90. The number of halogens is 1. The van der Waals surface area contributed by atoms with Gasteiger partial charge in [-0.25, -0.2) is 25.9 Å². The molecule has 0 aromatic heterocycles. The number of benzene rings is 3. The standard InChI is InChI=1S/C25H29FN2O4S2/c1-3-20(2)27-33(29,30)23-13-15-24(16-14-23)34(31,32)28(18-17-21-9-5-4-6-10-21)19-22-11-7-8-12-25(22)26/h4-16,20,27H,3,17-19H2,1-2H3/t20-/m0/s1. The van der Waals surface area contributed by atoms with Gasteiger partial charge in [0, 0.05) is 24.7 Å². The van der Waals surface area contributed by atoms with Crippen LogP contribution in [-0.4, -0.2) is 33.7 Å². The van der Waals surface area contributed by atoms with Crippen molar-refractivity contribution in [3.8, 4) is 0 Å². The van der Waals surface area contributed by atoms with Gasteiger partial charge in [0.05, 0.1) is 9.79 Å². The second-order valence-electron chi connectivity index (χ2n) is 8.07. The Labute approximate surface area is 201 Å². The van der Waals surface area contributed by atoms with E-state index in [0.717, 1.165) is 5.56 Å². The molecule has 0 fully saturated rings. The molecule has 0 heterocycles. The van der Waals surface area contributed by atoms with E-state index in [1.165, 1.54) is 34.6 Å². The largest absolute Gasteiger partial charge is 0.243 e. The first kappa shape index (κ1) is 26.0. The van der Waals surface area contributed by atoms with Crippen LogP contribution in [0.25, 0.3) is 0 Å². The van der Waals surface area contributed by atoms with Gasteiger partial charge in [0.2, 0.25) is 20.0 Å². The summed E-state index contributed by atoms with van der Waals surface area (Å²) >= 11 is 0. The van der Waals surface area contributed by atoms with Gasteiger partial charge in [-0.1, -0.05) is 55.5 Å². The lowest BCUT2D eigenvalue weighted by atomic mass is 10.1. The lowest BCUT2D eigenvalue weighted by Crippen LogP contribution is -2.33. The Morgan fingerprint density at radius 3 is 2.06 bits per heavy atom. The van der Waals surface area contributed by atoms with Crippen molar-refractivity contribution in [1.29, 1.82) is 0 Å². The molecule has 0 saturated carbocycles. The molecule has 6 nitrogen and oxygen atoms in total. The average molecular weight is 505 g/mol. The molecule has 3 rings (SSSR count). The lowest BCUT2D eigenvalue weighted by Gasteiger charge is -2.23. The summed E-state index contributed by atoms with van der Waals surface area (Å²) in [6.07, 6.45) is 1.07. The first-order valence-electron chi connectivity index (χ1n) is 11.0. The molecule has 0 amide bonds. The molecule has 0 aliphatic rings. The zero-order chi connectivity index (χ0) is 24.8. The van der Waals surface area contributed by atoms with Gasteiger partial charge in [0.15, 0.2) is 0 Å². The summed E-state index contributed by atoms with van der Waals surface area (Å²) in [5.41, 5.74) is 1.21. The highest BCUT2D eigenvalue weighted by atomic mass is 32.2. The second-order valence-corrected chi connectivity index (χ2v) is 11.7. The minimum atomic E-state index is -4.02. The molecule has 3 aromatic carbocycles. The summed E-state index contributed by atoms with van der Waals surface area (Å²) in [7, 11) is -7.79. The van der Waals surface area contributed by atoms with Crippen LogP contribution in [-0.2, 0) is 33.0 Å². The molecule has 0 radical (unpaired) electrons. The maximum Gasteiger partial charge on any atom is 0.243 e. The van der Waals surface area contributed by atoms with Gasteiger partial charge in [-0.15, -0.1) is 0 Å². The van der Waals surface area contributed by atoms with Crippen molar-refractivity contribution >= 4 is 20.0 Å². The Bertz CT molecular complexity index is 1300. The van der Waals surface area contributed by atoms with E-state index in [1.54, 1.807) is 25.1 Å². The number of nitrogens with one attached hydrogen (secondary N) is 1. The van der Waals surface area contributed by atoms with Gasteiger partial charge in [-0.05, 0) is 55.7 Å². The second kappa shape index (κ2) is 11.2. The summed E-state index contributed by atoms with van der Waals surface area (Å²) in [4.78, 5) is -0.0731. The van der Waals surface area contributed by atoms with Crippen LogP contribution in [0.1, 0.15) is 31.4 Å². The van der Waals surface area contributed by atoms with Crippen molar-refractivity contribution in [3.63, 3.8) is 0 Å². The van der Waals surface area contributed by atoms with E-state index >= 15 is 0 Å². The van der Waals surface area contributed by atoms with Crippen molar-refractivity contribution in [2.24, 2.45) is 0 Å². The van der Waals surface area contributed by atoms with Gasteiger partial charge in [0.1, 0.15) is 5.82 Å². The van der Waals surface area contributed by atoms with Crippen LogP contribution < -0.4 is 4.72 Å². The highest BCUT2D eigenvalue weighted by Gasteiger charge is 2.26. The quantitative estimate of drug-likeness (QED) is 0.421. The Morgan fingerprint density at radius 2 is 1.44 bits per heavy atom. The highest BCUT2D eigenvalue weighted by molar-refractivity contribution is 7.89. The van der Waals surface area contributed by atoms with Gasteiger partial charge < -0.3 is 0 Å². The SMILES string of the molecule is CC[C@H](C)NS(=O)(=O)c1ccc(S(=O)(=O)N(CCc2ccccc2)Cc2ccccc2F)cc1. The minimum Gasteiger partial charge on any atom is -0.208 e. The number of sulfonamides is 2. The van der Waals surface area contributed by atoms with E-state index in [1.807, 2.05) is 37.3 Å². The summed E-state index contributed by atoms with van der Waals surface area (Å²) < 4.78 is 70.1. The highest BCUT2D eigenvalue weighted by Crippen LogP contribution is 2.22. The van der Waals surface area contributed by atoms with Crippen molar-refractivity contribution < 1.29 is 21.2 Å². The topological polar surface area (TPSA) is 83.5 Å². The summed E-state index contributed by atoms with van der Waals surface area (Å²) in [6, 6.07) is 20.3. The van der Waals surface area contributed by atoms with E-state index in [4.69, 9.17) is 0 Å². The first-order valence-corrected chi connectivity index (χ1v) is 14.0. The van der Waals surface area contributed by atoms with Crippen LogP contribution in [0.5, 0.6) is 0 Å². The van der Waals surface area contributed by atoms with Crippen LogP contribution in [0.4, 0.5) is 4.39 Å². The number of rotatable bonds is 11. The van der Waals surface area contributed by atoms with E-state index < -0.39 is 25.9 Å². The Morgan fingerprint density at radius 1 is 0.853 bits per heavy atom. The fourth-order valence-corrected chi connectivity index (χ4v) is 6.10. The normalized spacial score (nSPS) is 13.2. The van der Waals surface area contributed by atoms with Crippen LogP contribution >= 0.6 is 0 Å². The molecule has 0 unspecified atom stereocenters. The molecule has 0 bridgehead atoms. The van der Waals surface area contributed by atoms with E-state index in [2.05, 4.69) is 4.72 Å². The average Bonchev–Trinajstić information content (AvgIpc) is 2.83. The third-order valence-electron chi connectivity index (χ3n) is 5.54. The van der Waals surface area contributed by atoms with Gasteiger partial charge in [-0.3, -0.25) is 0 Å². The van der Waals surface area contributed by atoms with Crippen molar-refractivity contribution in [2.45, 2.75) is 49.1 Å². The molecule has 0 aliphatic carbocycles. The molecule has 3 aromatic rings. The molecule has 182 valence electrons. The maximum atomic E-state index is 14.3.